The van der Waals surface area contributed by atoms with Gasteiger partial charge in [-0.1, -0.05) is 0 Å². The summed E-state index contributed by atoms with van der Waals surface area (Å²) >= 11 is 0. The summed E-state index contributed by atoms with van der Waals surface area (Å²) in [6.07, 6.45) is 5.19. The summed E-state index contributed by atoms with van der Waals surface area (Å²) in [5, 5.41) is 9.50. The normalized spacial score (nSPS) is 31.9. The molecule has 1 aliphatic heterocycles. The molecule has 2 fully saturated rings. The van der Waals surface area contributed by atoms with Crippen molar-refractivity contribution in [1.82, 2.24) is 4.90 Å². The largest absolute Gasteiger partial charge is 0.467 e. The molecule has 1 aliphatic carbocycles. The van der Waals surface area contributed by atoms with Crippen LogP contribution in [0.2, 0.25) is 0 Å². The van der Waals surface area contributed by atoms with E-state index in [0.29, 0.717) is 25.8 Å². The maximum absolute atomic E-state index is 12.5. The number of nitrogens with zero attached hydrogens (tertiary/aromatic N) is 1. The molecular weight excluding hydrogens is 246 g/mol. The topological polar surface area (TPSA) is 66.8 Å². The molecule has 1 atom stereocenters. The van der Waals surface area contributed by atoms with Gasteiger partial charge >= 0.3 is 5.97 Å². The van der Waals surface area contributed by atoms with E-state index < -0.39 is 6.04 Å². The average Bonchev–Trinajstić information content (AvgIpc) is 2.46. The van der Waals surface area contributed by atoms with Crippen LogP contribution in [0.1, 0.15) is 44.9 Å². The van der Waals surface area contributed by atoms with Crippen LogP contribution in [0.3, 0.4) is 0 Å². The lowest BCUT2D eigenvalue weighted by molar-refractivity contribution is -0.157. The summed E-state index contributed by atoms with van der Waals surface area (Å²) in [7, 11) is 1.37. The Morgan fingerprint density at radius 1 is 1.11 bits per heavy atom. The van der Waals surface area contributed by atoms with Crippen LogP contribution in [0.25, 0.3) is 0 Å². The van der Waals surface area contributed by atoms with Crippen molar-refractivity contribution in [3.63, 3.8) is 0 Å². The zero-order valence-electron chi connectivity index (χ0n) is 11.5. The Balaban J connectivity index is 2.01. The van der Waals surface area contributed by atoms with Crippen LogP contribution in [0.4, 0.5) is 0 Å². The Bertz CT molecular complexity index is 336. The SMILES string of the molecule is COC(=O)C1CCCCN1C(=O)C1CCC(O)CC1. The van der Waals surface area contributed by atoms with Crippen molar-refractivity contribution in [2.45, 2.75) is 57.1 Å². The van der Waals surface area contributed by atoms with Gasteiger partial charge < -0.3 is 14.7 Å². The second-order valence-corrected chi connectivity index (χ2v) is 5.57. The molecule has 1 saturated carbocycles. The highest BCUT2D eigenvalue weighted by molar-refractivity contribution is 5.86. The molecule has 0 aromatic rings. The van der Waals surface area contributed by atoms with Gasteiger partial charge in [-0.05, 0) is 44.9 Å². The van der Waals surface area contributed by atoms with Crippen molar-refractivity contribution < 1.29 is 19.4 Å². The number of carbonyl (C=O) groups excluding carboxylic acids is 2. The number of methoxy groups -OCH3 is 1. The Morgan fingerprint density at radius 3 is 2.42 bits per heavy atom. The molecule has 1 saturated heterocycles. The number of hydrogen-bond donors (Lipinski definition) is 1. The number of carbonyl (C=O) groups is 2. The van der Waals surface area contributed by atoms with Gasteiger partial charge in [-0.25, -0.2) is 4.79 Å². The molecule has 5 heteroatoms. The molecule has 1 N–H and O–H groups in total. The number of aliphatic hydroxyl groups is 1. The van der Waals surface area contributed by atoms with Gasteiger partial charge in [0.05, 0.1) is 13.2 Å². The van der Waals surface area contributed by atoms with E-state index in [1.54, 1.807) is 4.90 Å². The summed E-state index contributed by atoms with van der Waals surface area (Å²) in [5.41, 5.74) is 0. The zero-order valence-corrected chi connectivity index (χ0v) is 11.5. The molecule has 2 aliphatic rings. The maximum Gasteiger partial charge on any atom is 0.328 e. The second-order valence-electron chi connectivity index (χ2n) is 5.57. The van der Waals surface area contributed by atoms with Gasteiger partial charge in [0.15, 0.2) is 0 Å². The molecule has 1 amide bonds. The number of esters is 1. The van der Waals surface area contributed by atoms with Gasteiger partial charge in [0.2, 0.25) is 5.91 Å². The molecule has 19 heavy (non-hydrogen) atoms. The smallest absolute Gasteiger partial charge is 0.328 e. The molecule has 108 valence electrons. The first-order chi connectivity index (χ1) is 9.13. The lowest BCUT2D eigenvalue weighted by atomic mass is 9.85. The Labute approximate surface area is 113 Å². The van der Waals surface area contributed by atoms with E-state index in [0.717, 1.165) is 25.7 Å². The van der Waals surface area contributed by atoms with E-state index in [1.165, 1.54) is 7.11 Å². The van der Waals surface area contributed by atoms with Crippen LogP contribution in [-0.2, 0) is 14.3 Å². The third kappa shape index (κ3) is 3.26. The standard InChI is InChI=1S/C14H23NO4/c1-19-14(18)12-4-2-3-9-15(12)13(17)10-5-7-11(16)8-6-10/h10-12,16H,2-9H2,1H3. The number of rotatable bonds is 2. The minimum Gasteiger partial charge on any atom is -0.467 e. The summed E-state index contributed by atoms with van der Waals surface area (Å²) in [4.78, 5) is 26.0. The zero-order chi connectivity index (χ0) is 13.8. The lowest BCUT2D eigenvalue weighted by Gasteiger charge is -2.37. The highest BCUT2D eigenvalue weighted by Gasteiger charge is 2.37. The van der Waals surface area contributed by atoms with Crippen LogP contribution in [0.15, 0.2) is 0 Å². The number of likely N-dealkylation sites (tertiary alicyclic amines) is 1. The summed E-state index contributed by atoms with van der Waals surface area (Å²) in [5.74, 6) is -0.264. The van der Waals surface area contributed by atoms with Crippen molar-refractivity contribution in [3.8, 4) is 0 Å². The fourth-order valence-corrected chi connectivity index (χ4v) is 3.13. The Hall–Kier alpha value is -1.10. The summed E-state index contributed by atoms with van der Waals surface area (Å²) in [6.45, 7) is 0.650. The minimum absolute atomic E-state index is 0.0337. The lowest BCUT2D eigenvalue weighted by Crippen LogP contribution is -2.51. The summed E-state index contributed by atoms with van der Waals surface area (Å²) < 4.78 is 4.80. The molecule has 0 spiro atoms. The molecule has 5 nitrogen and oxygen atoms in total. The molecule has 0 aromatic carbocycles. The van der Waals surface area contributed by atoms with Gasteiger partial charge in [0.25, 0.3) is 0 Å². The highest BCUT2D eigenvalue weighted by Crippen LogP contribution is 2.28. The van der Waals surface area contributed by atoms with E-state index in [9.17, 15) is 14.7 Å². The summed E-state index contributed by atoms with van der Waals surface area (Å²) in [6, 6.07) is -0.405. The molecule has 2 rings (SSSR count). The fraction of sp³-hybridized carbons (Fsp3) is 0.857. The van der Waals surface area contributed by atoms with Crippen LogP contribution in [0, 0.1) is 5.92 Å². The number of piperidine rings is 1. The van der Waals surface area contributed by atoms with Crippen LogP contribution in [-0.4, -0.2) is 47.7 Å². The van der Waals surface area contributed by atoms with Crippen molar-refractivity contribution in [2.75, 3.05) is 13.7 Å². The molecule has 0 radical (unpaired) electrons. The predicted molar refractivity (Wildman–Crippen MR) is 69.3 cm³/mol. The second kappa shape index (κ2) is 6.37. The molecule has 0 bridgehead atoms. The number of ether oxygens (including phenoxy) is 1. The quantitative estimate of drug-likeness (QED) is 0.762. The predicted octanol–water partition coefficient (Wildman–Crippen LogP) is 1.09. The van der Waals surface area contributed by atoms with E-state index >= 15 is 0 Å². The van der Waals surface area contributed by atoms with E-state index in [1.807, 2.05) is 0 Å². The first-order valence-corrected chi connectivity index (χ1v) is 7.20. The third-order valence-corrected chi connectivity index (χ3v) is 4.31. The van der Waals surface area contributed by atoms with Gasteiger partial charge in [-0.2, -0.15) is 0 Å². The van der Waals surface area contributed by atoms with Gasteiger partial charge in [0.1, 0.15) is 6.04 Å². The molecule has 0 aromatic heterocycles. The Kier molecular flexibility index (Phi) is 4.80. The average molecular weight is 269 g/mol. The van der Waals surface area contributed by atoms with Crippen LogP contribution >= 0.6 is 0 Å². The minimum atomic E-state index is -0.405. The van der Waals surface area contributed by atoms with Crippen molar-refractivity contribution in [2.24, 2.45) is 5.92 Å². The van der Waals surface area contributed by atoms with Crippen molar-refractivity contribution >= 4 is 11.9 Å². The van der Waals surface area contributed by atoms with Crippen LogP contribution in [0.5, 0.6) is 0 Å². The number of amides is 1. The van der Waals surface area contributed by atoms with E-state index in [2.05, 4.69) is 0 Å². The Morgan fingerprint density at radius 2 is 1.79 bits per heavy atom. The molecular formula is C14H23NO4. The van der Waals surface area contributed by atoms with Crippen molar-refractivity contribution in [3.05, 3.63) is 0 Å². The number of aliphatic hydroxyl groups excluding tert-OH is 1. The van der Waals surface area contributed by atoms with E-state index in [-0.39, 0.29) is 23.9 Å². The van der Waals surface area contributed by atoms with Gasteiger partial charge in [-0.15, -0.1) is 0 Å². The first kappa shape index (κ1) is 14.3. The molecule has 1 unspecified atom stereocenters. The van der Waals surface area contributed by atoms with Crippen molar-refractivity contribution in [1.29, 1.82) is 0 Å². The maximum atomic E-state index is 12.5. The first-order valence-electron chi connectivity index (χ1n) is 7.20. The highest BCUT2D eigenvalue weighted by atomic mass is 16.5. The fourth-order valence-electron chi connectivity index (χ4n) is 3.13. The van der Waals surface area contributed by atoms with Gasteiger partial charge in [0, 0.05) is 12.5 Å². The third-order valence-electron chi connectivity index (χ3n) is 4.31. The monoisotopic (exact) mass is 269 g/mol. The molecule has 1 heterocycles. The van der Waals surface area contributed by atoms with Gasteiger partial charge in [-0.3, -0.25) is 4.79 Å². The van der Waals surface area contributed by atoms with Crippen LogP contribution < -0.4 is 0 Å². The number of hydrogen-bond acceptors (Lipinski definition) is 4. The van der Waals surface area contributed by atoms with E-state index in [4.69, 9.17) is 4.74 Å².